The summed E-state index contributed by atoms with van der Waals surface area (Å²) >= 11 is 5.39. The first-order valence-electron chi connectivity index (χ1n) is 5.51. The van der Waals surface area contributed by atoms with Crippen LogP contribution in [-0.4, -0.2) is 31.9 Å². The van der Waals surface area contributed by atoms with E-state index in [9.17, 15) is 31.2 Å². The molecule has 0 saturated carbocycles. The predicted molar refractivity (Wildman–Crippen MR) is 67.0 cm³/mol. The van der Waals surface area contributed by atoms with Crippen LogP contribution in [0.3, 0.4) is 0 Å². The summed E-state index contributed by atoms with van der Waals surface area (Å²) in [7, 11) is -4.50. The van der Waals surface area contributed by atoms with Crippen LogP contribution in [0.1, 0.15) is 5.56 Å². The summed E-state index contributed by atoms with van der Waals surface area (Å²) < 4.78 is 62.1. The number of nitrogens with zero attached hydrogens (tertiary/aromatic N) is 1. The molecule has 1 heterocycles. The Hall–Kier alpha value is -1.85. The van der Waals surface area contributed by atoms with Crippen molar-refractivity contribution in [1.29, 1.82) is 0 Å². The SMILES string of the molecule is O=C1CN(NS(=O)(=O)c2ccc(Cl)c(C(F)(F)F)c2)C(=O)N1. The standard InChI is InChI=1S/C10H7ClF3N3O4S/c11-7-2-1-5(3-6(7)10(12,13)14)22(20,21)16-17-4-8(18)15-9(17)19/h1-3,16H,4H2,(H,15,18,19). The number of carbonyl (C=O) groups excluding carboxylic acids is 2. The van der Waals surface area contributed by atoms with Gasteiger partial charge in [-0.3, -0.25) is 10.1 Å². The lowest BCUT2D eigenvalue weighted by Gasteiger charge is -2.16. The van der Waals surface area contributed by atoms with Crippen LogP contribution in [0.15, 0.2) is 23.1 Å². The van der Waals surface area contributed by atoms with Gasteiger partial charge in [0.05, 0.1) is 15.5 Å². The number of hydrogen-bond donors (Lipinski definition) is 2. The molecule has 12 heteroatoms. The molecule has 1 aromatic carbocycles. The highest BCUT2D eigenvalue weighted by molar-refractivity contribution is 7.89. The number of sulfonamides is 1. The summed E-state index contributed by atoms with van der Waals surface area (Å²) in [6, 6.07) is 0.920. The Bertz CT molecular complexity index is 750. The fourth-order valence-corrected chi connectivity index (χ4v) is 2.89. The van der Waals surface area contributed by atoms with E-state index < -0.39 is 50.2 Å². The molecule has 1 fully saturated rings. The molecule has 3 amide bonds. The minimum atomic E-state index is -4.84. The van der Waals surface area contributed by atoms with Gasteiger partial charge in [-0.1, -0.05) is 11.6 Å². The Kier molecular flexibility index (Phi) is 4.06. The Morgan fingerprint density at radius 3 is 2.41 bits per heavy atom. The van der Waals surface area contributed by atoms with Gasteiger partial charge < -0.3 is 0 Å². The van der Waals surface area contributed by atoms with Crippen molar-refractivity contribution < 1.29 is 31.2 Å². The van der Waals surface area contributed by atoms with Gasteiger partial charge >= 0.3 is 12.2 Å². The lowest BCUT2D eigenvalue weighted by molar-refractivity contribution is -0.137. The zero-order valence-corrected chi connectivity index (χ0v) is 12.0. The van der Waals surface area contributed by atoms with E-state index in [2.05, 4.69) is 0 Å². The van der Waals surface area contributed by atoms with Gasteiger partial charge in [-0.05, 0) is 18.2 Å². The van der Waals surface area contributed by atoms with Crippen molar-refractivity contribution in [3.05, 3.63) is 28.8 Å². The number of amides is 3. The van der Waals surface area contributed by atoms with E-state index in [0.29, 0.717) is 11.1 Å². The van der Waals surface area contributed by atoms with Crippen molar-refractivity contribution in [3.63, 3.8) is 0 Å². The van der Waals surface area contributed by atoms with Crippen LogP contribution in [-0.2, 0) is 21.0 Å². The molecule has 2 N–H and O–H groups in total. The van der Waals surface area contributed by atoms with Gasteiger partial charge in [-0.15, -0.1) is 4.83 Å². The van der Waals surface area contributed by atoms with Gasteiger partial charge in [0, 0.05) is 0 Å². The lowest BCUT2D eigenvalue weighted by atomic mass is 10.2. The largest absolute Gasteiger partial charge is 0.417 e. The first-order chi connectivity index (χ1) is 10.0. The highest BCUT2D eigenvalue weighted by Gasteiger charge is 2.36. The zero-order valence-electron chi connectivity index (χ0n) is 10.4. The van der Waals surface area contributed by atoms with Crippen LogP contribution < -0.4 is 10.1 Å². The van der Waals surface area contributed by atoms with Gasteiger partial charge in [0.1, 0.15) is 6.54 Å². The van der Waals surface area contributed by atoms with Crippen LogP contribution in [0.25, 0.3) is 0 Å². The summed E-state index contributed by atoms with van der Waals surface area (Å²) in [4.78, 5) is 23.1. The molecule has 0 aromatic heterocycles. The Morgan fingerprint density at radius 1 is 1.27 bits per heavy atom. The fraction of sp³-hybridized carbons (Fsp3) is 0.200. The maximum absolute atomic E-state index is 12.7. The first kappa shape index (κ1) is 16.5. The second kappa shape index (κ2) is 5.41. The Morgan fingerprint density at radius 2 is 1.91 bits per heavy atom. The molecule has 0 unspecified atom stereocenters. The second-order valence-corrected chi connectivity index (χ2v) is 6.24. The number of hydrogen-bond acceptors (Lipinski definition) is 4. The molecule has 0 aliphatic carbocycles. The van der Waals surface area contributed by atoms with Gasteiger partial charge in [-0.25, -0.2) is 18.2 Å². The second-order valence-electron chi connectivity index (χ2n) is 4.17. The number of alkyl halides is 3. The molecule has 22 heavy (non-hydrogen) atoms. The summed E-state index contributed by atoms with van der Waals surface area (Å²) in [5.74, 6) is -0.750. The van der Waals surface area contributed by atoms with Gasteiger partial charge in [0.15, 0.2) is 0 Å². The van der Waals surface area contributed by atoms with E-state index in [-0.39, 0.29) is 0 Å². The molecule has 7 nitrogen and oxygen atoms in total. The van der Waals surface area contributed by atoms with Crippen LogP contribution >= 0.6 is 11.6 Å². The highest BCUT2D eigenvalue weighted by atomic mass is 35.5. The lowest BCUT2D eigenvalue weighted by Crippen LogP contribution is -2.44. The van der Waals surface area contributed by atoms with Crippen molar-refractivity contribution >= 4 is 33.6 Å². The summed E-state index contributed by atoms with van der Waals surface area (Å²) in [6.45, 7) is -0.586. The number of urea groups is 1. The molecule has 0 spiro atoms. The normalized spacial score (nSPS) is 16.1. The van der Waals surface area contributed by atoms with Crippen molar-refractivity contribution in [2.45, 2.75) is 11.1 Å². The third-order valence-electron chi connectivity index (χ3n) is 2.58. The molecular weight excluding hydrogens is 351 g/mol. The van der Waals surface area contributed by atoms with E-state index >= 15 is 0 Å². The number of imide groups is 1. The highest BCUT2D eigenvalue weighted by Crippen LogP contribution is 2.35. The van der Waals surface area contributed by atoms with Crippen LogP contribution in [0.4, 0.5) is 18.0 Å². The molecule has 120 valence electrons. The van der Waals surface area contributed by atoms with Crippen molar-refractivity contribution in [3.8, 4) is 0 Å². The summed E-state index contributed by atoms with van der Waals surface area (Å²) in [6.07, 6.45) is -4.84. The van der Waals surface area contributed by atoms with Gasteiger partial charge in [0.2, 0.25) is 5.91 Å². The minimum absolute atomic E-state index is 0.334. The number of carbonyl (C=O) groups is 2. The quantitative estimate of drug-likeness (QED) is 0.792. The Balaban J connectivity index is 2.34. The zero-order chi connectivity index (χ0) is 16.7. The van der Waals surface area contributed by atoms with Crippen molar-refractivity contribution in [2.24, 2.45) is 0 Å². The predicted octanol–water partition coefficient (Wildman–Crippen LogP) is 1.10. The summed E-state index contributed by atoms with van der Waals surface area (Å²) in [5, 5.41) is 1.57. The number of halogens is 4. The van der Waals surface area contributed by atoms with Crippen LogP contribution in [0.5, 0.6) is 0 Å². The molecular formula is C10H7ClF3N3O4S. The summed E-state index contributed by atoms with van der Waals surface area (Å²) in [5.41, 5.74) is -1.33. The minimum Gasteiger partial charge on any atom is -0.275 e. The van der Waals surface area contributed by atoms with E-state index in [4.69, 9.17) is 11.6 Å². The number of rotatable bonds is 3. The van der Waals surface area contributed by atoms with Crippen molar-refractivity contribution in [2.75, 3.05) is 6.54 Å². The molecule has 0 radical (unpaired) electrons. The molecule has 1 aromatic rings. The smallest absolute Gasteiger partial charge is 0.275 e. The number of nitrogens with one attached hydrogen (secondary N) is 2. The molecule has 0 atom stereocenters. The van der Waals surface area contributed by atoms with Gasteiger partial charge in [0.25, 0.3) is 10.0 Å². The topological polar surface area (TPSA) is 95.6 Å². The number of benzene rings is 1. The van der Waals surface area contributed by atoms with E-state index in [1.807, 2.05) is 0 Å². The van der Waals surface area contributed by atoms with Gasteiger partial charge in [-0.2, -0.15) is 13.2 Å². The van der Waals surface area contributed by atoms with E-state index in [0.717, 1.165) is 12.1 Å². The van der Waals surface area contributed by atoms with E-state index in [1.165, 1.54) is 0 Å². The first-order valence-corrected chi connectivity index (χ1v) is 7.37. The monoisotopic (exact) mass is 357 g/mol. The fourth-order valence-electron chi connectivity index (χ4n) is 1.60. The molecule has 2 rings (SSSR count). The van der Waals surface area contributed by atoms with Crippen LogP contribution in [0.2, 0.25) is 5.02 Å². The third-order valence-corrected chi connectivity index (χ3v) is 4.24. The average Bonchev–Trinajstić information content (AvgIpc) is 2.65. The molecule has 0 bridgehead atoms. The molecule has 1 aliphatic heterocycles. The third kappa shape index (κ3) is 3.31. The molecule has 1 saturated heterocycles. The van der Waals surface area contributed by atoms with Crippen LogP contribution in [0, 0.1) is 0 Å². The molecule has 1 aliphatic rings. The van der Waals surface area contributed by atoms with E-state index in [1.54, 1.807) is 10.1 Å². The maximum atomic E-state index is 12.7. The average molecular weight is 358 g/mol. The Labute approximate surface area is 127 Å². The van der Waals surface area contributed by atoms with Crippen molar-refractivity contribution in [1.82, 2.24) is 15.2 Å². The maximum Gasteiger partial charge on any atom is 0.417 e. The number of hydrazine groups is 1.